The van der Waals surface area contributed by atoms with Gasteiger partial charge in [-0.1, -0.05) is 0 Å². The highest BCUT2D eigenvalue weighted by Crippen LogP contribution is 2.45. The van der Waals surface area contributed by atoms with Gasteiger partial charge in [0.05, 0.1) is 24.5 Å². The number of furan rings is 1. The second kappa shape index (κ2) is 12.4. The van der Waals surface area contributed by atoms with E-state index >= 15 is 0 Å². The molecular weight excluding hydrogens is 582 g/mol. The number of thioether (sulfide) groups is 2. The van der Waals surface area contributed by atoms with E-state index in [1.807, 2.05) is 0 Å². The van der Waals surface area contributed by atoms with Gasteiger partial charge in [-0.25, -0.2) is 13.9 Å². The second-order valence-corrected chi connectivity index (χ2v) is 12.9. The lowest BCUT2D eigenvalue weighted by Gasteiger charge is -2.45. The molecule has 40 heavy (non-hydrogen) atoms. The van der Waals surface area contributed by atoms with Crippen molar-refractivity contribution in [3.63, 3.8) is 0 Å². The number of fused-ring (bicyclic) bond motifs is 3. The van der Waals surface area contributed by atoms with Crippen LogP contribution in [0.5, 0.6) is 0 Å². The molecule has 1 unspecified atom stereocenters. The number of anilines is 1. The predicted octanol–water partition coefficient (Wildman–Crippen LogP) is 3.14. The van der Waals surface area contributed by atoms with E-state index < -0.39 is 32.2 Å². The molecule has 0 spiro atoms. The number of rotatable bonds is 10. The first kappa shape index (κ1) is 30.1. The molecule has 15 heteroatoms. The molecule has 12 nitrogen and oxygen atoms in total. The Morgan fingerprint density at radius 3 is 2.52 bits per heavy atom. The summed E-state index contributed by atoms with van der Waals surface area (Å²) in [6.07, 6.45) is 3.32. The molecule has 3 N–H and O–H groups in total. The maximum Gasteiger partial charge on any atom is 0.306 e. The minimum absolute atomic E-state index is 0.0383. The van der Waals surface area contributed by atoms with E-state index in [0.29, 0.717) is 27.6 Å². The zero-order valence-corrected chi connectivity index (χ0v) is 24.4. The molecular formula is C25H29N3O9S3. The largest absolute Gasteiger partial charge is 0.466 e. The topological polar surface area (TPSA) is 164 Å². The quantitative estimate of drug-likeness (QED) is 0.133. The number of hydrogen-bond donors (Lipinski definition) is 3. The monoisotopic (exact) mass is 611 g/mol. The third kappa shape index (κ3) is 5.80. The van der Waals surface area contributed by atoms with Crippen molar-refractivity contribution in [1.29, 1.82) is 0 Å². The number of amides is 2. The van der Waals surface area contributed by atoms with Crippen LogP contribution in [0.1, 0.15) is 19.8 Å². The number of benzene rings is 2. The lowest BCUT2D eigenvalue weighted by molar-refractivity contribution is -0.144. The molecule has 0 aliphatic carbocycles. The maximum absolute atomic E-state index is 13.8. The van der Waals surface area contributed by atoms with Gasteiger partial charge in [-0.2, -0.15) is 4.31 Å². The van der Waals surface area contributed by atoms with Crippen LogP contribution in [-0.4, -0.2) is 78.3 Å². The van der Waals surface area contributed by atoms with Crippen molar-refractivity contribution < 1.29 is 41.9 Å². The minimum atomic E-state index is -4.22. The SMILES string of the molecule is CCOC(=O)CCC(=O)Nc1ccc2c(c1)oc1ccc(S(=O)(=O)N3CCOC(SC)(SC)C3C(=O)NO)cc12. The lowest BCUT2D eigenvalue weighted by Crippen LogP contribution is -2.63. The van der Waals surface area contributed by atoms with Gasteiger partial charge in [0.1, 0.15) is 11.2 Å². The Morgan fingerprint density at radius 2 is 1.85 bits per heavy atom. The van der Waals surface area contributed by atoms with Gasteiger partial charge < -0.3 is 19.2 Å². The van der Waals surface area contributed by atoms with Gasteiger partial charge in [0.2, 0.25) is 15.9 Å². The van der Waals surface area contributed by atoms with Gasteiger partial charge >= 0.3 is 5.97 Å². The Labute approximate surface area is 239 Å². The molecule has 1 fully saturated rings. The van der Waals surface area contributed by atoms with Crippen LogP contribution in [0.15, 0.2) is 45.7 Å². The first-order valence-electron chi connectivity index (χ1n) is 12.2. The van der Waals surface area contributed by atoms with Gasteiger partial charge in [0.15, 0.2) is 10.3 Å². The summed E-state index contributed by atoms with van der Waals surface area (Å²) in [6, 6.07) is 8.00. The average Bonchev–Trinajstić information content (AvgIpc) is 3.32. The number of sulfonamides is 1. The molecule has 2 aromatic carbocycles. The number of carbonyl (C=O) groups is 3. The lowest BCUT2D eigenvalue weighted by atomic mass is 10.1. The summed E-state index contributed by atoms with van der Waals surface area (Å²) in [5, 5.41) is 13.2. The maximum atomic E-state index is 13.8. The molecule has 1 saturated heterocycles. The van der Waals surface area contributed by atoms with E-state index in [9.17, 15) is 28.0 Å². The first-order chi connectivity index (χ1) is 19.1. The van der Waals surface area contributed by atoms with Gasteiger partial charge in [-0.15, -0.1) is 23.5 Å². The van der Waals surface area contributed by atoms with Crippen molar-refractivity contribution in [3.05, 3.63) is 36.4 Å². The summed E-state index contributed by atoms with van der Waals surface area (Å²) in [6.45, 7) is 1.90. The third-order valence-electron chi connectivity index (χ3n) is 6.36. The summed E-state index contributed by atoms with van der Waals surface area (Å²) >= 11 is 2.35. The van der Waals surface area contributed by atoms with Crippen LogP contribution >= 0.6 is 23.5 Å². The fourth-order valence-electron chi connectivity index (χ4n) is 4.50. The summed E-state index contributed by atoms with van der Waals surface area (Å²) in [5.74, 6) is -1.72. The highest BCUT2D eigenvalue weighted by molar-refractivity contribution is 8.17. The number of nitrogens with one attached hydrogen (secondary N) is 2. The Balaban J connectivity index is 1.64. The number of ether oxygens (including phenoxy) is 2. The molecule has 2 amide bonds. The van der Waals surface area contributed by atoms with E-state index in [1.165, 1.54) is 41.7 Å². The highest BCUT2D eigenvalue weighted by atomic mass is 32.2. The molecule has 1 aliphatic rings. The summed E-state index contributed by atoms with van der Waals surface area (Å²) in [4.78, 5) is 36.4. The molecule has 1 aliphatic heterocycles. The summed E-state index contributed by atoms with van der Waals surface area (Å²) in [5.41, 5.74) is 2.87. The van der Waals surface area contributed by atoms with Gasteiger partial charge in [-0.3, -0.25) is 19.6 Å². The molecule has 0 radical (unpaired) electrons. The van der Waals surface area contributed by atoms with Crippen LogP contribution in [0.25, 0.3) is 21.9 Å². The van der Waals surface area contributed by atoms with E-state index in [4.69, 9.17) is 13.9 Å². The van der Waals surface area contributed by atoms with E-state index in [1.54, 1.807) is 43.1 Å². The normalized spacial score (nSPS) is 17.6. The Hall–Kier alpha value is -2.82. The zero-order valence-electron chi connectivity index (χ0n) is 22.0. The van der Waals surface area contributed by atoms with Crippen LogP contribution in [-0.2, 0) is 33.9 Å². The summed E-state index contributed by atoms with van der Waals surface area (Å²) < 4.78 is 44.0. The van der Waals surface area contributed by atoms with Crippen molar-refractivity contribution in [2.45, 2.75) is 35.0 Å². The van der Waals surface area contributed by atoms with E-state index in [2.05, 4.69) is 5.32 Å². The number of nitrogens with zero attached hydrogens (tertiary/aromatic N) is 1. The van der Waals surface area contributed by atoms with Gasteiger partial charge in [-0.05, 0) is 49.8 Å². The molecule has 216 valence electrons. The standard InChI is InChI=1S/C25H29N3O9S3/c1-4-35-22(30)10-9-21(29)26-15-5-7-17-18-14-16(6-8-19(18)37-20(17)13-15)40(33,34)28-11-12-36-25(38-2,39-3)23(28)24(31)27-32/h5-8,13-14,23,32H,4,9-12H2,1-3H3,(H,26,29)(H,27,31). The van der Waals surface area contributed by atoms with E-state index in [0.717, 1.165) is 4.31 Å². The fourth-order valence-corrected chi connectivity index (χ4v) is 8.23. The van der Waals surface area contributed by atoms with Crippen molar-refractivity contribution in [2.75, 3.05) is 37.6 Å². The van der Waals surface area contributed by atoms with E-state index in [-0.39, 0.29) is 43.4 Å². The third-order valence-corrected chi connectivity index (χ3v) is 11.0. The van der Waals surface area contributed by atoms with Crippen molar-refractivity contribution in [1.82, 2.24) is 9.79 Å². The Morgan fingerprint density at radius 1 is 1.10 bits per heavy atom. The number of esters is 1. The number of hydrogen-bond acceptors (Lipinski definition) is 11. The Kier molecular flexibility index (Phi) is 9.32. The highest BCUT2D eigenvalue weighted by Gasteiger charge is 2.53. The van der Waals surface area contributed by atoms with Crippen molar-refractivity contribution in [3.8, 4) is 0 Å². The van der Waals surface area contributed by atoms with Crippen LogP contribution in [0, 0.1) is 0 Å². The van der Waals surface area contributed by atoms with Crippen molar-refractivity contribution >= 4 is 79.0 Å². The van der Waals surface area contributed by atoms with Gasteiger partial charge in [0.25, 0.3) is 5.91 Å². The molecule has 4 rings (SSSR count). The minimum Gasteiger partial charge on any atom is -0.466 e. The number of hydroxylamine groups is 1. The van der Waals surface area contributed by atoms with Crippen LogP contribution < -0.4 is 10.8 Å². The number of morpholine rings is 1. The molecule has 3 aromatic rings. The average molecular weight is 612 g/mol. The molecule has 1 aromatic heterocycles. The smallest absolute Gasteiger partial charge is 0.306 e. The molecule has 0 bridgehead atoms. The molecule has 2 heterocycles. The number of carbonyl (C=O) groups excluding carboxylic acids is 3. The fraction of sp³-hybridized carbons (Fsp3) is 0.400. The van der Waals surface area contributed by atoms with Crippen LogP contribution in [0.3, 0.4) is 0 Å². The summed E-state index contributed by atoms with van der Waals surface area (Å²) in [7, 11) is -4.22. The van der Waals surface area contributed by atoms with Crippen LogP contribution in [0.2, 0.25) is 0 Å². The van der Waals surface area contributed by atoms with Crippen LogP contribution in [0.4, 0.5) is 5.69 Å². The second-order valence-electron chi connectivity index (χ2n) is 8.68. The predicted molar refractivity (Wildman–Crippen MR) is 152 cm³/mol. The zero-order chi connectivity index (χ0) is 29.1. The Bertz CT molecular complexity index is 1540. The van der Waals surface area contributed by atoms with Crippen molar-refractivity contribution in [2.24, 2.45) is 0 Å². The first-order valence-corrected chi connectivity index (χ1v) is 16.1. The van der Waals surface area contributed by atoms with Gasteiger partial charge in [0, 0.05) is 35.5 Å². The molecule has 1 atom stereocenters. The molecule has 0 saturated carbocycles.